The number of hydrogen-bond acceptors (Lipinski definition) is 4. The molecule has 6 heteroatoms. The van der Waals surface area contributed by atoms with Gasteiger partial charge in [0, 0.05) is 15.6 Å². The molecule has 2 aromatic carbocycles. The Morgan fingerprint density at radius 3 is 2.69 bits per heavy atom. The topological polar surface area (TPSA) is 47.9 Å². The summed E-state index contributed by atoms with van der Waals surface area (Å²) in [6.07, 6.45) is 3.56. The number of halogens is 2. The molecule has 0 aliphatic carbocycles. The van der Waals surface area contributed by atoms with Crippen molar-refractivity contribution in [3.05, 3.63) is 75.0 Å². The maximum absolute atomic E-state index is 14.0. The highest BCUT2D eigenvalue weighted by atomic mass is 79.9. The number of carbonyl (C=O) groups is 1. The highest BCUT2D eigenvalue weighted by Crippen LogP contribution is 2.25. The van der Waals surface area contributed by atoms with Crippen molar-refractivity contribution in [2.24, 2.45) is 5.16 Å². The Labute approximate surface area is 179 Å². The first-order valence-electron chi connectivity index (χ1n) is 9.38. The van der Waals surface area contributed by atoms with Gasteiger partial charge in [-0.15, -0.1) is 0 Å². The molecule has 154 valence electrons. The SMILES string of the molecule is CCC/C=C(\C(=O)OC)c1cccc(C)c1CO/N=C(\C)c1cc(Br)ccc1F. The lowest BCUT2D eigenvalue weighted by molar-refractivity contribution is -0.133. The largest absolute Gasteiger partial charge is 0.465 e. The van der Waals surface area contributed by atoms with Crippen molar-refractivity contribution in [3.8, 4) is 0 Å². The van der Waals surface area contributed by atoms with E-state index < -0.39 is 0 Å². The summed E-state index contributed by atoms with van der Waals surface area (Å²) in [6.45, 7) is 5.83. The second kappa shape index (κ2) is 10.9. The minimum absolute atomic E-state index is 0.148. The third-order valence-electron chi connectivity index (χ3n) is 4.47. The smallest absolute Gasteiger partial charge is 0.338 e. The fourth-order valence-electron chi connectivity index (χ4n) is 2.87. The van der Waals surface area contributed by atoms with Gasteiger partial charge in [0.1, 0.15) is 12.4 Å². The van der Waals surface area contributed by atoms with Crippen molar-refractivity contribution in [2.75, 3.05) is 7.11 Å². The van der Waals surface area contributed by atoms with E-state index in [4.69, 9.17) is 9.57 Å². The predicted octanol–water partition coefficient (Wildman–Crippen LogP) is 6.19. The molecule has 0 bridgehead atoms. The zero-order valence-electron chi connectivity index (χ0n) is 17.1. The molecule has 0 atom stereocenters. The first-order valence-corrected chi connectivity index (χ1v) is 10.2. The van der Waals surface area contributed by atoms with E-state index in [0.717, 1.165) is 34.0 Å². The monoisotopic (exact) mass is 461 g/mol. The standard InChI is InChI=1S/C23H25BrFNO3/c1-5-6-9-19(23(27)28-4)18-10-7-8-15(2)21(18)14-29-26-16(3)20-13-17(24)11-12-22(20)25/h7-13H,5-6,14H2,1-4H3/b19-9-,26-16+. The van der Waals surface area contributed by atoms with Gasteiger partial charge in [-0.2, -0.15) is 0 Å². The summed E-state index contributed by atoms with van der Waals surface area (Å²) in [5.41, 5.74) is 3.86. The van der Waals surface area contributed by atoms with E-state index in [1.165, 1.54) is 13.2 Å². The molecule has 29 heavy (non-hydrogen) atoms. The van der Waals surface area contributed by atoms with E-state index in [1.54, 1.807) is 19.1 Å². The van der Waals surface area contributed by atoms with Gasteiger partial charge in [-0.05, 0) is 49.6 Å². The number of nitrogens with zero attached hydrogens (tertiary/aromatic N) is 1. The number of aryl methyl sites for hydroxylation is 1. The van der Waals surface area contributed by atoms with Crippen molar-refractivity contribution < 1.29 is 18.8 Å². The van der Waals surface area contributed by atoms with Crippen molar-refractivity contribution in [1.29, 1.82) is 0 Å². The molecule has 4 nitrogen and oxygen atoms in total. The number of carbonyl (C=O) groups excluding carboxylic acids is 1. The number of allylic oxidation sites excluding steroid dienone is 1. The Bertz CT molecular complexity index is 938. The summed E-state index contributed by atoms with van der Waals surface area (Å²) in [7, 11) is 1.37. The molecule has 0 unspecified atom stereocenters. The van der Waals surface area contributed by atoms with Crippen LogP contribution in [0.2, 0.25) is 0 Å². The van der Waals surface area contributed by atoms with Gasteiger partial charge in [-0.1, -0.05) is 58.7 Å². The predicted molar refractivity (Wildman–Crippen MR) is 117 cm³/mol. The van der Waals surface area contributed by atoms with Crippen LogP contribution < -0.4 is 0 Å². The van der Waals surface area contributed by atoms with Crippen LogP contribution in [0.3, 0.4) is 0 Å². The molecule has 0 N–H and O–H groups in total. The molecular formula is C23H25BrFNO3. The van der Waals surface area contributed by atoms with Crippen LogP contribution in [0.1, 0.15) is 48.9 Å². The van der Waals surface area contributed by atoms with E-state index in [9.17, 15) is 9.18 Å². The van der Waals surface area contributed by atoms with E-state index in [2.05, 4.69) is 21.1 Å². The van der Waals surface area contributed by atoms with Crippen molar-refractivity contribution in [1.82, 2.24) is 0 Å². The first-order chi connectivity index (χ1) is 13.9. The van der Waals surface area contributed by atoms with E-state index in [-0.39, 0.29) is 18.4 Å². The maximum atomic E-state index is 14.0. The fraction of sp³-hybridized carbons (Fsp3) is 0.304. The van der Waals surface area contributed by atoms with Crippen LogP contribution in [0.25, 0.3) is 5.57 Å². The molecule has 0 saturated carbocycles. The highest BCUT2D eigenvalue weighted by Gasteiger charge is 2.17. The van der Waals surface area contributed by atoms with Crippen LogP contribution in [-0.2, 0) is 21.0 Å². The maximum Gasteiger partial charge on any atom is 0.338 e. The fourth-order valence-corrected chi connectivity index (χ4v) is 3.23. The second-order valence-electron chi connectivity index (χ2n) is 6.57. The Kier molecular flexibility index (Phi) is 8.58. The second-order valence-corrected chi connectivity index (χ2v) is 7.49. The number of oxime groups is 1. The average molecular weight is 462 g/mol. The van der Waals surface area contributed by atoms with Crippen LogP contribution in [0.15, 0.2) is 52.1 Å². The summed E-state index contributed by atoms with van der Waals surface area (Å²) in [5, 5.41) is 4.08. The van der Waals surface area contributed by atoms with Crippen LogP contribution in [0.4, 0.5) is 4.39 Å². The van der Waals surface area contributed by atoms with Crippen LogP contribution >= 0.6 is 15.9 Å². The molecule has 2 aromatic rings. The number of benzene rings is 2. The third-order valence-corrected chi connectivity index (χ3v) is 4.96. The van der Waals surface area contributed by atoms with E-state index in [1.807, 2.05) is 38.1 Å². The minimum Gasteiger partial charge on any atom is -0.465 e. The molecule has 0 aromatic heterocycles. The van der Waals surface area contributed by atoms with Crippen molar-refractivity contribution in [2.45, 2.75) is 40.2 Å². The summed E-state index contributed by atoms with van der Waals surface area (Å²) >= 11 is 3.33. The molecule has 0 aliphatic rings. The van der Waals surface area contributed by atoms with E-state index in [0.29, 0.717) is 16.8 Å². The number of unbranched alkanes of at least 4 members (excludes halogenated alkanes) is 1. The average Bonchev–Trinajstić information content (AvgIpc) is 2.71. The number of esters is 1. The third kappa shape index (κ3) is 6.00. The number of rotatable bonds is 8. The molecule has 0 heterocycles. The zero-order valence-corrected chi connectivity index (χ0v) is 18.7. The molecule has 0 fully saturated rings. The Hall–Kier alpha value is -2.47. The van der Waals surface area contributed by atoms with Gasteiger partial charge in [-0.3, -0.25) is 0 Å². The van der Waals surface area contributed by atoms with Crippen LogP contribution in [0, 0.1) is 12.7 Å². The van der Waals surface area contributed by atoms with Crippen molar-refractivity contribution >= 4 is 33.2 Å². The lowest BCUT2D eigenvalue weighted by Gasteiger charge is -2.14. The Balaban J connectivity index is 2.31. The van der Waals surface area contributed by atoms with Gasteiger partial charge in [0.05, 0.1) is 18.4 Å². The normalized spacial score (nSPS) is 12.1. The summed E-state index contributed by atoms with van der Waals surface area (Å²) in [5.74, 6) is -0.758. The van der Waals surface area contributed by atoms with E-state index >= 15 is 0 Å². The molecule has 0 saturated heterocycles. The van der Waals surface area contributed by atoms with Gasteiger partial charge in [-0.25, -0.2) is 9.18 Å². The van der Waals surface area contributed by atoms with Gasteiger partial charge >= 0.3 is 5.97 Å². The number of ether oxygens (including phenoxy) is 1. The quantitative estimate of drug-likeness (QED) is 0.203. The molecule has 0 amide bonds. The zero-order chi connectivity index (χ0) is 21.4. The lowest BCUT2D eigenvalue weighted by Crippen LogP contribution is -2.08. The Morgan fingerprint density at radius 2 is 2.00 bits per heavy atom. The molecule has 0 aliphatic heterocycles. The molecule has 2 rings (SSSR count). The molecular weight excluding hydrogens is 437 g/mol. The van der Waals surface area contributed by atoms with Crippen LogP contribution in [-0.4, -0.2) is 18.8 Å². The van der Waals surface area contributed by atoms with Crippen molar-refractivity contribution in [3.63, 3.8) is 0 Å². The lowest BCUT2D eigenvalue weighted by atomic mass is 9.95. The summed E-state index contributed by atoms with van der Waals surface area (Å²) in [4.78, 5) is 17.9. The summed E-state index contributed by atoms with van der Waals surface area (Å²) in [6, 6.07) is 10.4. The minimum atomic E-state index is -0.388. The van der Waals surface area contributed by atoms with Gasteiger partial charge in [0.2, 0.25) is 0 Å². The first kappa shape index (κ1) is 22.8. The Morgan fingerprint density at radius 1 is 1.24 bits per heavy atom. The van der Waals surface area contributed by atoms with Gasteiger partial charge < -0.3 is 9.57 Å². The highest BCUT2D eigenvalue weighted by molar-refractivity contribution is 9.10. The number of hydrogen-bond donors (Lipinski definition) is 0. The summed E-state index contributed by atoms with van der Waals surface area (Å²) < 4.78 is 19.8. The van der Waals surface area contributed by atoms with Gasteiger partial charge in [0.15, 0.2) is 0 Å². The number of methoxy groups -OCH3 is 1. The van der Waals surface area contributed by atoms with Gasteiger partial charge in [0.25, 0.3) is 0 Å². The molecule has 0 radical (unpaired) electrons. The van der Waals surface area contributed by atoms with Crippen LogP contribution in [0.5, 0.6) is 0 Å². The molecule has 0 spiro atoms.